The molecule has 0 radical (unpaired) electrons. The van der Waals surface area contributed by atoms with Crippen molar-refractivity contribution in [2.75, 3.05) is 5.32 Å². The molecule has 0 aliphatic rings. The van der Waals surface area contributed by atoms with E-state index in [0.29, 0.717) is 17.8 Å². The van der Waals surface area contributed by atoms with Crippen molar-refractivity contribution in [3.05, 3.63) is 120 Å². The summed E-state index contributed by atoms with van der Waals surface area (Å²) in [6, 6.07) is 25.5. The first-order valence-electron chi connectivity index (χ1n) is 9.58. The summed E-state index contributed by atoms with van der Waals surface area (Å²) in [5.74, 6) is -0.489. The molecule has 0 saturated carbocycles. The number of carbonyl (C=O) groups is 1. The second-order valence-corrected chi connectivity index (χ2v) is 6.84. The van der Waals surface area contributed by atoms with Gasteiger partial charge in [-0.15, -0.1) is 0 Å². The molecule has 0 aliphatic carbocycles. The van der Waals surface area contributed by atoms with Crippen molar-refractivity contribution in [2.24, 2.45) is 0 Å². The zero-order valence-electron chi connectivity index (χ0n) is 16.2. The molecule has 1 aromatic heterocycles. The summed E-state index contributed by atoms with van der Waals surface area (Å²) in [7, 11) is 0. The Kier molecular flexibility index (Phi) is 5.80. The van der Waals surface area contributed by atoms with E-state index in [9.17, 15) is 9.18 Å². The van der Waals surface area contributed by atoms with Gasteiger partial charge in [0.15, 0.2) is 0 Å². The van der Waals surface area contributed by atoms with Crippen LogP contribution in [0.5, 0.6) is 0 Å². The van der Waals surface area contributed by atoms with E-state index in [1.54, 1.807) is 29.2 Å². The van der Waals surface area contributed by atoms with Crippen molar-refractivity contribution in [1.29, 1.82) is 0 Å². The molecular formula is C25H20FN3O. The van der Waals surface area contributed by atoms with Crippen molar-refractivity contribution in [3.63, 3.8) is 0 Å². The summed E-state index contributed by atoms with van der Waals surface area (Å²) in [4.78, 5) is 13.1. The lowest BCUT2D eigenvalue weighted by Crippen LogP contribution is -2.13. The number of benzene rings is 3. The average molecular weight is 397 g/mol. The molecule has 0 unspecified atom stereocenters. The van der Waals surface area contributed by atoms with Gasteiger partial charge in [0.25, 0.3) is 5.91 Å². The zero-order valence-corrected chi connectivity index (χ0v) is 16.2. The van der Waals surface area contributed by atoms with E-state index in [0.717, 1.165) is 16.7 Å². The number of halogens is 1. The number of nitrogens with one attached hydrogen (secondary N) is 1. The van der Waals surface area contributed by atoms with Gasteiger partial charge in [-0.3, -0.25) is 9.48 Å². The molecular weight excluding hydrogens is 377 g/mol. The molecule has 1 N–H and O–H groups in total. The van der Waals surface area contributed by atoms with Crippen LogP contribution in [0.3, 0.4) is 0 Å². The molecule has 0 fully saturated rings. The lowest BCUT2D eigenvalue weighted by atomic mass is 10.0. The first-order valence-corrected chi connectivity index (χ1v) is 9.58. The van der Waals surface area contributed by atoms with Crippen molar-refractivity contribution < 1.29 is 9.18 Å². The Hall–Kier alpha value is -3.99. The van der Waals surface area contributed by atoms with Crippen molar-refractivity contribution in [3.8, 4) is 0 Å². The summed E-state index contributed by atoms with van der Waals surface area (Å²) in [6.45, 7) is 0.488. The molecule has 0 spiro atoms. The Morgan fingerprint density at radius 3 is 2.30 bits per heavy atom. The van der Waals surface area contributed by atoms with Crippen LogP contribution in [0, 0.1) is 5.82 Å². The summed E-state index contributed by atoms with van der Waals surface area (Å²) in [5.41, 5.74) is 3.85. The zero-order chi connectivity index (χ0) is 20.8. The van der Waals surface area contributed by atoms with Crippen LogP contribution >= 0.6 is 0 Å². The van der Waals surface area contributed by atoms with Gasteiger partial charge in [-0.1, -0.05) is 72.8 Å². The SMILES string of the molecule is O=C(Nc1cnn(Cc2ccc(F)cc2)c1)/C(=C\c1ccccc1)c1ccccc1. The molecule has 30 heavy (non-hydrogen) atoms. The van der Waals surface area contributed by atoms with Gasteiger partial charge in [0, 0.05) is 11.8 Å². The molecule has 1 amide bonds. The highest BCUT2D eigenvalue weighted by molar-refractivity contribution is 6.29. The molecule has 0 atom stereocenters. The smallest absolute Gasteiger partial charge is 0.256 e. The van der Waals surface area contributed by atoms with Crippen LogP contribution in [0.15, 0.2) is 97.3 Å². The maximum Gasteiger partial charge on any atom is 0.256 e. The van der Waals surface area contributed by atoms with Gasteiger partial charge < -0.3 is 5.32 Å². The Bertz CT molecular complexity index is 1150. The van der Waals surface area contributed by atoms with Crippen molar-refractivity contribution in [2.45, 2.75) is 6.54 Å². The van der Waals surface area contributed by atoms with Crippen LogP contribution in [-0.4, -0.2) is 15.7 Å². The van der Waals surface area contributed by atoms with E-state index in [-0.39, 0.29) is 11.7 Å². The normalized spacial score (nSPS) is 11.3. The second kappa shape index (κ2) is 9.01. The number of aromatic nitrogens is 2. The number of nitrogens with zero attached hydrogens (tertiary/aromatic N) is 2. The minimum absolute atomic E-state index is 0.216. The summed E-state index contributed by atoms with van der Waals surface area (Å²) >= 11 is 0. The van der Waals surface area contributed by atoms with Crippen LogP contribution in [0.4, 0.5) is 10.1 Å². The van der Waals surface area contributed by atoms with E-state index in [4.69, 9.17) is 0 Å². The number of carbonyl (C=O) groups excluding carboxylic acids is 1. The quantitative estimate of drug-likeness (QED) is 0.357. The summed E-state index contributed by atoms with van der Waals surface area (Å²) in [5, 5.41) is 7.22. The molecule has 0 saturated heterocycles. The lowest BCUT2D eigenvalue weighted by molar-refractivity contribution is -0.111. The predicted octanol–water partition coefficient (Wildman–Crippen LogP) is 5.25. The van der Waals surface area contributed by atoms with Gasteiger partial charge in [-0.2, -0.15) is 5.10 Å². The third-order valence-electron chi connectivity index (χ3n) is 4.59. The molecule has 4 rings (SSSR count). The van der Waals surface area contributed by atoms with E-state index in [1.807, 2.05) is 66.7 Å². The first kappa shape index (κ1) is 19.3. The highest BCUT2D eigenvalue weighted by Gasteiger charge is 2.13. The number of anilines is 1. The minimum Gasteiger partial charge on any atom is -0.319 e. The van der Waals surface area contributed by atoms with Crippen LogP contribution in [0.1, 0.15) is 16.7 Å². The van der Waals surface area contributed by atoms with E-state index < -0.39 is 0 Å². The van der Waals surface area contributed by atoms with Gasteiger partial charge in [-0.25, -0.2) is 4.39 Å². The highest BCUT2D eigenvalue weighted by atomic mass is 19.1. The van der Waals surface area contributed by atoms with Crippen LogP contribution in [0.25, 0.3) is 11.6 Å². The number of hydrogen-bond acceptors (Lipinski definition) is 2. The lowest BCUT2D eigenvalue weighted by Gasteiger charge is -2.08. The predicted molar refractivity (Wildman–Crippen MR) is 117 cm³/mol. The van der Waals surface area contributed by atoms with Gasteiger partial charge >= 0.3 is 0 Å². The van der Waals surface area contributed by atoms with Gasteiger partial charge in [0.1, 0.15) is 5.82 Å². The fraction of sp³-hybridized carbons (Fsp3) is 0.0400. The maximum atomic E-state index is 13.1. The van der Waals surface area contributed by atoms with Gasteiger partial charge in [0.05, 0.1) is 18.4 Å². The Labute approximate surface area is 174 Å². The molecule has 0 bridgehead atoms. The van der Waals surface area contributed by atoms with Gasteiger partial charge in [0.2, 0.25) is 0 Å². The summed E-state index contributed by atoms with van der Waals surface area (Å²) in [6.07, 6.45) is 5.23. The number of hydrogen-bond donors (Lipinski definition) is 1. The monoisotopic (exact) mass is 397 g/mol. The Balaban J connectivity index is 1.54. The van der Waals surface area contributed by atoms with Crippen LogP contribution in [-0.2, 0) is 11.3 Å². The number of rotatable bonds is 6. The molecule has 4 nitrogen and oxygen atoms in total. The fourth-order valence-electron chi connectivity index (χ4n) is 3.10. The Morgan fingerprint density at radius 2 is 1.60 bits per heavy atom. The Morgan fingerprint density at radius 1 is 0.933 bits per heavy atom. The molecule has 1 heterocycles. The van der Waals surface area contributed by atoms with Crippen molar-refractivity contribution in [1.82, 2.24) is 9.78 Å². The van der Waals surface area contributed by atoms with Crippen molar-refractivity contribution >= 4 is 23.2 Å². The summed E-state index contributed by atoms with van der Waals surface area (Å²) < 4.78 is 14.8. The standard InChI is InChI=1S/C25H20FN3O/c26-22-13-11-20(12-14-22)17-29-18-23(16-27-29)28-25(30)24(21-9-5-2-6-10-21)15-19-7-3-1-4-8-19/h1-16,18H,17H2,(H,28,30)/b24-15-. The largest absolute Gasteiger partial charge is 0.319 e. The topological polar surface area (TPSA) is 46.9 Å². The third-order valence-corrected chi connectivity index (χ3v) is 4.59. The van der Waals surface area contributed by atoms with Crippen LogP contribution in [0.2, 0.25) is 0 Å². The van der Waals surface area contributed by atoms with E-state index in [1.165, 1.54) is 12.1 Å². The van der Waals surface area contributed by atoms with E-state index >= 15 is 0 Å². The fourth-order valence-corrected chi connectivity index (χ4v) is 3.10. The second-order valence-electron chi connectivity index (χ2n) is 6.84. The molecule has 4 aromatic rings. The molecule has 5 heteroatoms. The molecule has 148 valence electrons. The third kappa shape index (κ3) is 4.89. The molecule has 0 aliphatic heterocycles. The van der Waals surface area contributed by atoms with E-state index in [2.05, 4.69) is 10.4 Å². The minimum atomic E-state index is -0.272. The first-order chi connectivity index (χ1) is 14.7. The number of amides is 1. The maximum absolute atomic E-state index is 13.1. The van der Waals surface area contributed by atoms with Gasteiger partial charge in [-0.05, 0) is 34.9 Å². The molecule has 3 aromatic carbocycles. The average Bonchev–Trinajstić information content (AvgIpc) is 3.21. The van der Waals surface area contributed by atoms with Crippen LogP contribution < -0.4 is 5.32 Å². The highest BCUT2D eigenvalue weighted by Crippen LogP contribution is 2.21.